The first-order valence-electron chi connectivity index (χ1n) is 21.3. The Morgan fingerprint density at radius 2 is 1.30 bits per heavy atom. The molecule has 1 aliphatic rings. The molecule has 19 nitrogen and oxygen atoms in total. The molecule has 3 aromatic rings. The van der Waals surface area contributed by atoms with Crippen molar-refractivity contribution in [1.82, 2.24) is 36.9 Å². The lowest BCUT2D eigenvalue weighted by molar-refractivity contribution is -0.141. The van der Waals surface area contributed by atoms with Gasteiger partial charge < -0.3 is 58.6 Å². The van der Waals surface area contributed by atoms with E-state index in [9.17, 15) is 48.6 Å². The number of aromatic amines is 1. The highest BCUT2D eigenvalue weighted by Crippen LogP contribution is 2.27. The molecule has 6 atom stereocenters. The molecule has 0 spiro atoms. The number of aliphatic carboxylic acids is 1. The summed E-state index contributed by atoms with van der Waals surface area (Å²) in [4.78, 5) is 108. The van der Waals surface area contributed by atoms with Crippen LogP contribution < -0.4 is 43.4 Å². The van der Waals surface area contributed by atoms with Crippen LogP contribution in [0.1, 0.15) is 83.3 Å². The number of phenols is 1. The summed E-state index contributed by atoms with van der Waals surface area (Å²) >= 11 is 0. The van der Waals surface area contributed by atoms with Crippen molar-refractivity contribution in [2.75, 3.05) is 6.54 Å². The van der Waals surface area contributed by atoms with Crippen molar-refractivity contribution in [1.29, 1.82) is 0 Å². The van der Waals surface area contributed by atoms with Crippen molar-refractivity contribution in [2.24, 2.45) is 23.3 Å². The van der Waals surface area contributed by atoms with Crippen molar-refractivity contribution >= 4 is 58.2 Å². The number of hydrogen-bond donors (Lipinski definition) is 11. The Morgan fingerprint density at radius 1 is 0.714 bits per heavy atom. The summed E-state index contributed by atoms with van der Waals surface area (Å²) in [6.45, 7) is 4.40. The number of primary amides is 1. The summed E-state index contributed by atoms with van der Waals surface area (Å²) in [5, 5.41) is 35.5. The lowest BCUT2D eigenvalue weighted by Crippen LogP contribution is -2.59. The third kappa shape index (κ3) is 15.7. The van der Waals surface area contributed by atoms with E-state index in [1.165, 1.54) is 19.1 Å². The Morgan fingerprint density at radius 3 is 1.94 bits per heavy atom. The molecule has 13 N–H and O–H groups in total. The Labute approximate surface area is 365 Å². The van der Waals surface area contributed by atoms with Gasteiger partial charge in [-0.3, -0.25) is 38.4 Å². The van der Waals surface area contributed by atoms with Gasteiger partial charge in [-0.05, 0) is 60.9 Å². The highest BCUT2D eigenvalue weighted by Gasteiger charge is 2.34. The zero-order chi connectivity index (χ0) is 46.2. The largest absolute Gasteiger partial charge is 0.508 e. The third-order valence-corrected chi connectivity index (χ3v) is 10.9. The maximum absolute atomic E-state index is 14.2. The number of nitrogens with two attached hydrogens (primary N) is 2. The fourth-order valence-electron chi connectivity index (χ4n) is 7.55. The van der Waals surface area contributed by atoms with Crippen LogP contribution in [0.2, 0.25) is 0 Å². The van der Waals surface area contributed by atoms with Crippen LogP contribution in [-0.2, 0) is 51.2 Å². The molecule has 0 unspecified atom stereocenters. The first kappa shape index (κ1) is 49.2. The summed E-state index contributed by atoms with van der Waals surface area (Å²) in [7, 11) is 0. The van der Waals surface area contributed by atoms with E-state index >= 15 is 0 Å². The van der Waals surface area contributed by atoms with Crippen molar-refractivity contribution in [2.45, 2.75) is 121 Å². The van der Waals surface area contributed by atoms with Crippen LogP contribution in [0.5, 0.6) is 5.75 Å². The van der Waals surface area contributed by atoms with E-state index in [1.54, 1.807) is 38.2 Å². The van der Waals surface area contributed by atoms with Gasteiger partial charge in [0.15, 0.2) is 0 Å². The number of rotatable bonds is 23. The standard InChI is InChI=1S/C44H61N9O10/c1-24(2)17-33(42(61)53-36(21-38(56)57)44(63)50-32(39(46)58)18-26-9-5-4-6-10-26)52-43(62)35(20-28-22-47-31-12-8-7-11-30(28)31)49-37(55)23-48-41(60)34(51-40(59)25(3)45)19-27-13-15-29(54)16-14-27/h7-8,11-16,22,24-26,32-36,47,54H,4-6,9-10,17-21,23,45H2,1-3H3,(H2,46,58)(H,48,60)(H,49,55)(H,50,63)(H,51,59)(H,52,62)(H,53,61)(H,56,57)/t25-,32-,33-,34-,35-,36-/m0/s1. The third-order valence-electron chi connectivity index (χ3n) is 10.9. The van der Waals surface area contributed by atoms with Gasteiger partial charge in [-0.25, -0.2) is 0 Å². The van der Waals surface area contributed by atoms with Crippen LogP contribution in [0.4, 0.5) is 0 Å². The van der Waals surface area contributed by atoms with E-state index in [0.717, 1.165) is 43.0 Å². The van der Waals surface area contributed by atoms with Crippen LogP contribution in [0, 0.1) is 11.8 Å². The van der Waals surface area contributed by atoms with E-state index in [4.69, 9.17) is 11.5 Å². The fraction of sp³-hybridized carbons (Fsp3) is 0.500. The molecule has 1 aromatic heterocycles. The van der Waals surface area contributed by atoms with Crippen molar-refractivity contribution < 1.29 is 48.6 Å². The number of H-pyrrole nitrogens is 1. The molecule has 19 heteroatoms. The summed E-state index contributed by atoms with van der Waals surface area (Å²) in [5.74, 6) is -6.97. The van der Waals surface area contributed by atoms with Crippen molar-refractivity contribution in [3.05, 3.63) is 65.9 Å². The second-order valence-corrected chi connectivity index (χ2v) is 16.7. The predicted octanol–water partition coefficient (Wildman–Crippen LogP) is 0.523. The Kier molecular flexibility index (Phi) is 18.4. The van der Waals surface area contributed by atoms with E-state index in [2.05, 4.69) is 36.9 Å². The fourth-order valence-corrected chi connectivity index (χ4v) is 7.55. The van der Waals surface area contributed by atoms with E-state index in [1.807, 2.05) is 18.2 Å². The lowest BCUT2D eigenvalue weighted by Gasteiger charge is -2.28. The monoisotopic (exact) mass is 875 g/mol. The average Bonchev–Trinajstić information content (AvgIpc) is 3.64. The van der Waals surface area contributed by atoms with Crippen molar-refractivity contribution in [3.8, 4) is 5.75 Å². The number of carboxylic acids is 1. The maximum atomic E-state index is 14.2. The summed E-state index contributed by atoms with van der Waals surface area (Å²) in [6, 6.07) is 5.80. The zero-order valence-corrected chi connectivity index (χ0v) is 35.9. The molecular formula is C44H61N9O10. The number of carboxylic acid groups (broad SMARTS) is 1. The zero-order valence-electron chi connectivity index (χ0n) is 35.9. The predicted molar refractivity (Wildman–Crippen MR) is 232 cm³/mol. The summed E-state index contributed by atoms with van der Waals surface area (Å²) in [5.41, 5.74) is 13.3. The number of carbonyl (C=O) groups is 8. The van der Waals surface area contributed by atoms with Gasteiger partial charge in [0.1, 0.15) is 36.0 Å². The number of amides is 7. The van der Waals surface area contributed by atoms with Gasteiger partial charge in [-0.1, -0.05) is 76.3 Å². The highest BCUT2D eigenvalue weighted by molar-refractivity contribution is 5.98. The molecule has 2 aromatic carbocycles. The van der Waals surface area contributed by atoms with Gasteiger partial charge in [0.05, 0.1) is 19.0 Å². The molecular weight excluding hydrogens is 815 g/mol. The number of carbonyl (C=O) groups excluding carboxylic acids is 7. The molecule has 63 heavy (non-hydrogen) atoms. The summed E-state index contributed by atoms with van der Waals surface area (Å²) < 4.78 is 0. The minimum Gasteiger partial charge on any atom is -0.508 e. The van der Waals surface area contributed by atoms with Crippen LogP contribution in [0.15, 0.2) is 54.7 Å². The van der Waals surface area contributed by atoms with E-state index in [0.29, 0.717) is 11.1 Å². The van der Waals surface area contributed by atoms with Crippen LogP contribution in [0.3, 0.4) is 0 Å². The van der Waals surface area contributed by atoms with Crippen LogP contribution in [0.25, 0.3) is 10.9 Å². The normalized spacial score (nSPS) is 15.8. The Hall–Kier alpha value is -6.50. The number of hydrogen-bond acceptors (Lipinski definition) is 10. The molecule has 1 fully saturated rings. The van der Waals surface area contributed by atoms with Crippen LogP contribution in [-0.4, -0.2) is 105 Å². The van der Waals surface area contributed by atoms with Gasteiger partial charge >= 0.3 is 5.97 Å². The summed E-state index contributed by atoms with van der Waals surface area (Å²) in [6.07, 6.45) is 5.84. The number of benzene rings is 2. The van der Waals surface area contributed by atoms with E-state index in [-0.39, 0.29) is 43.3 Å². The molecule has 0 aliphatic heterocycles. The smallest absolute Gasteiger partial charge is 0.305 e. The SMILES string of the molecule is CC(C)C[C@H](NC(=O)[C@H](Cc1c[nH]c2ccccc12)NC(=O)CNC(=O)[C@H](Cc1ccc(O)cc1)NC(=O)[C@H](C)N)C(=O)N[C@@H](CC(=O)O)C(=O)N[C@@H](CC1CCCCC1)C(N)=O. The molecule has 0 bridgehead atoms. The number of phenolic OH excluding ortho intramolecular Hbond substituents is 1. The Bertz CT molecular complexity index is 2080. The molecule has 342 valence electrons. The van der Waals surface area contributed by atoms with E-state index < -0.39 is 96.5 Å². The van der Waals surface area contributed by atoms with Gasteiger partial charge in [-0.2, -0.15) is 0 Å². The molecule has 1 saturated carbocycles. The molecule has 0 saturated heterocycles. The van der Waals surface area contributed by atoms with Crippen molar-refractivity contribution in [3.63, 3.8) is 0 Å². The number of nitrogens with one attached hydrogen (secondary N) is 7. The first-order valence-corrected chi connectivity index (χ1v) is 21.3. The quantitative estimate of drug-likeness (QED) is 0.0624. The number of aromatic nitrogens is 1. The topological polar surface area (TPSA) is 317 Å². The molecule has 7 amide bonds. The second kappa shape index (κ2) is 23.6. The molecule has 1 aliphatic carbocycles. The maximum Gasteiger partial charge on any atom is 0.305 e. The minimum absolute atomic E-state index is 0.00172. The lowest BCUT2D eigenvalue weighted by atomic mass is 9.84. The molecule has 1 heterocycles. The first-order chi connectivity index (χ1) is 29.9. The number of fused-ring (bicyclic) bond motifs is 1. The minimum atomic E-state index is -1.63. The number of aromatic hydroxyl groups is 1. The Balaban J connectivity index is 1.52. The molecule has 0 radical (unpaired) electrons. The van der Waals surface area contributed by atoms with Gasteiger partial charge in [-0.15, -0.1) is 0 Å². The van der Waals surface area contributed by atoms with Gasteiger partial charge in [0.2, 0.25) is 41.4 Å². The van der Waals surface area contributed by atoms with Gasteiger partial charge in [0, 0.05) is 29.9 Å². The highest BCUT2D eigenvalue weighted by atomic mass is 16.4. The van der Waals surface area contributed by atoms with Crippen LogP contribution >= 0.6 is 0 Å². The van der Waals surface area contributed by atoms with Gasteiger partial charge in [0.25, 0.3) is 0 Å². The number of para-hydroxylation sites is 1. The average molecular weight is 876 g/mol. The molecule has 4 rings (SSSR count). The second-order valence-electron chi connectivity index (χ2n) is 16.7.